The van der Waals surface area contributed by atoms with Gasteiger partial charge in [-0.1, -0.05) is 6.07 Å². The van der Waals surface area contributed by atoms with Crippen molar-refractivity contribution in [2.45, 2.75) is 6.92 Å². The molecule has 0 unspecified atom stereocenters. The van der Waals surface area contributed by atoms with E-state index in [1.165, 1.54) is 18.2 Å². The number of hydrogen-bond acceptors (Lipinski definition) is 4. The molecule has 0 aliphatic carbocycles. The summed E-state index contributed by atoms with van der Waals surface area (Å²) >= 11 is 0. The third-order valence-corrected chi connectivity index (χ3v) is 2.38. The first kappa shape index (κ1) is 11.9. The van der Waals surface area contributed by atoms with E-state index >= 15 is 0 Å². The second-order valence-electron chi connectivity index (χ2n) is 3.82. The summed E-state index contributed by atoms with van der Waals surface area (Å²) in [5.41, 5.74) is 0.781. The zero-order valence-electron chi connectivity index (χ0n) is 9.66. The molecule has 0 atom stereocenters. The summed E-state index contributed by atoms with van der Waals surface area (Å²) in [5, 5.41) is 20.0. The zero-order valence-corrected chi connectivity index (χ0v) is 9.66. The van der Waals surface area contributed by atoms with Gasteiger partial charge in [-0.15, -0.1) is 0 Å². The van der Waals surface area contributed by atoms with Crippen molar-refractivity contribution >= 4 is 5.69 Å². The topological polar surface area (TPSA) is 72.6 Å². The van der Waals surface area contributed by atoms with Gasteiger partial charge in [-0.25, -0.2) is 0 Å². The van der Waals surface area contributed by atoms with E-state index < -0.39 is 4.92 Å². The molecule has 0 radical (unpaired) electrons. The van der Waals surface area contributed by atoms with Crippen molar-refractivity contribution in [2.75, 3.05) is 0 Å². The Morgan fingerprint density at radius 1 is 1.17 bits per heavy atom. The van der Waals surface area contributed by atoms with E-state index in [2.05, 4.69) is 0 Å². The fraction of sp³-hybridized carbons (Fsp3) is 0.0769. The van der Waals surface area contributed by atoms with E-state index in [4.69, 9.17) is 9.84 Å². The van der Waals surface area contributed by atoms with Crippen LogP contribution in [0.4, 0.5) is 5.69 Å². The third-order valence-electron chi connectivity index (χ3n) is 2.38. The van der Waals surface area contributed by atoms with Crippen molar-refractivity contribution in [1.29, 1.82) is 0 Å². The maximum absolute atomic E-state index is 10.9. The van der Waals surface area contributed by atoms with Crippen LogP contribution in [0.3, 0.4) is 0 Å². The summed E-state index contributed by atoms with van der Waals surface area (Å²) in [5.74, 6) is 0.730. The third kappa shape index (κ3) is 2.57. The molecule has 1 N–H and O–H groups in total. The van der Waals surface area contributed by atoms with Gasteiger partial charge in [0.05, 0.1) is 4.92 Å². The first-order valence-corrected chi connectivity index (χ1v) is 5.28. The van der Waals surface area contributed by atoms with Crippen molar-refractivity contribution < 1.29 is 14.8 Å². The van der Waals surface area contributed by atoms with E-state index in [0.29, 0.717) is 5.75 Å². The molecular formula is C13H11NO4. The molecule has 5 heteroatoms. The number of nitro groups is 1. The molecule has 2 aromatic rings. The number of benzene rings is 2. The lowest BCUT2D eigenvalue weighted by molar-refractivity contribution is -0.385. The van der Waals surface area contributed by atoms with E-state index in [1.54, 1.807) is 24.3 Å². The van der Waals surface area contributed by atoms with E-state index in [9.17, 15) is 10.1 Å². The molecule has 0 aliphatic rings. The van der Waals surface area contributed by atoms with Gasteiger partial charge in [0.1, 0.15) is 11.5 Å². The van der Waals surface area contributed by atoms with Crippen LogP contribution in [0.25, 0.3) is 0 Å². The lowest BCUT2D eigenvalue weighted by Crippen LogP contribution is -1.93. The van der Waals surface area contributed by atoms with Crippen molar-refractivity contribution in [1.82, 2.24) is 0 Å². The lowest BCUT2D eigenvalue weighted by Gasteiger charge is -2.07. The Morgan fingerprint density at radius 3 is 2.44 bits per heavy atom. The summed E-state index contributed by atoms with van der Waals surface area (Å²) in [4.78, 5) is 10.4. The second-order valence-corrected chi connectivity index (χ2v) is 3.82. The maximum atomic E-state index is 10.9. The highest BCUT2D eigenvalue weighted by molar-refractivity contribution is 5.50. The standard InChI is InChI=1S/C13H11NO4/c1-9-2-7-12(14(16)17)13(8-9)18-11-5-3-10(15)4-6-11/h2-8,15H,1H3. The molecule has 2 rings (SSSR count). The van der Waals surface area contributed by atoms with Crippen LogP contribution in [0, 0.1) is 17.0 Å². The number of phenolic OH excluding ortho intramolecular Hbond substituents is 1. The van der Waals surface area contributed by atoms with Gasteiger partial charge in [0.15, 0.2) is 0 Å². The summed E-state index contributed by atoms with van der Waals surface area (Å²) in [6, 6.07) is 10.7. The molecule has 92 valence electrons. The Kier molecular flexibility index (Phi) is 3.14. The number of rotatable bonds is 3. The Morgan fingerprint density at radius 2 is 1.83 bits per heavy atom. The molecule has 2 aromatic carbocycles. The van der Waals surface area contributed by atoms with Gasteiger partial charge in [-0.3, -0.25) is 10.1 Å². The number of hydrogen-bond donors (Lipinski definition) is 1. The maximum Gasteiger partial charge on any atom is 0.311 e. The van der Waals surface area contributed by atoms with Gasteiger partial charge in [0, 0.05) is 6.07 Å². The zero-order chi connectivity index (χ0) is 13.1. The number of nitro benzene ring substituents is 1. The second kappa shape index (κ2) is 4.75. The van der Waals surface area contributed by atoms with Crippen LogP contribution in [0.1, 0.15) is 5.56 Å². The summed E-state index contributed by atoms with van der Waals surface area (Å²) < 4.78 is 5.45. The molecule has 0 saturated heterocycles. The lowest BCUT2D eigenvalue weighted by atomic mass is 10.2. The first-order valence-electron chi connectivity index (χ1n) is 5.28. The van der Waals surface area contributed by atoms with Gasteiger partial charge in [-0.05, 0) is 42.8 Å². The van der Waals surface area contributed by atoms with Crippen LogP contribution in [-0.2, 0) is 0 Å². The normalized spacial score (nSPS) is 10.1. The summed E-state index contributed by atoms with van der Waals surface area (Å²) in [6.07, 6.45) is 0. The van der Waals surface area contributed by atoms with Crippen LogP contribution in [0.2, 0.25) is 0 Å². The van der Waals surface area contributed by atoms with Crippen LogP contribution in [0.5, 0.6) is 17.2 Å². The molecule has 0 fully saturated rings. The Balaban J connectivity index is 2.35. The van der Waals surface area contributed by atoms with Crippen molar-refractivity contribution in [3.05, 3.63) is 58.1 Å². The highest BCUT2D eigenvalue weighted by Gasteiger charge is 2.15. The first-order chi connectivity index (χ1) is 8.56. The van der Waals surface area contributed by atoms with Crippen molar-refractivity contribution in [3.63, 3.8) is 0 Å². The Hall–Kier alpha value is -2.56. The molecule has 0 aliphatic heterocycles. The fourth-order valence-corrected chi connectivity index (χ4v) is 1.50. The van der Waals surface area contributed by atoms with Gasteiger partial charge in [-0.2, -0.15) is 0 Å². The Bertz CT molecular complexity index is 578. The number of phenols is 1. The van der Waals surface area contributed by atoms with Crippen molar-refractivity contribution in [2.24, 2.45) is 0 Å². The van der Waals surface area contributed by atoms with E-state index in [1.807, 2.05) is 6.92 Å². The van der Waals surface area contributed by atoms with Crippen molar-refractivity contribution in [3.8, 4) is 17.2 Å². The Labute approximate surface area is 103 Å². The molecule has 0 amide bonds. The minimum Gasteiger partial charge on any atom is -0.508 e. The largest absolute Gasteiger partial charge is 0.508 e. The molecule has 0 saturated carbocycles. The predicted octanol–water partition coefficient (Wildman–Crippen LogP) is 3.40. The minimum atomic E-state index is -0.491. The summed E-state index contributed by atoms with van der Waals surface area (Å²) in [7, 11) is 0. The van der Waals surface area contributed by atoms with E-state index in [-0.39, 0.29) is 17.2 Å². The van der Waals surface area contributed by atoms with E-state index in [0.717, 1.165) is 5.56 Å². The number of aromatic hydroxyl groups is 1. The average Bonchev–Trinajstić information content (AvgIpc) is 2.32. The molecule has 0 heterocycles. The predicted molar refractivity (Wildman–Crippen MR) is 66.0 cm³/mol. The van der Waals surface area contributed by atoms with Crippen LogP contribution >= 0.6 is 0 Å². The van der Waals surface area contributed by atoms with Gasteiger partial charge < -0.3 is 9.84 Å². The highest BCUT2D eigenvalue weighted by Crippen LogP contribution is 2.32. The van der Waals surface area contributed by atoms with Crippen LogP contribution in [0.15, 0.2) is 42.5 Å². The molecule has 0 aromatic heterocycles. The minimum absolute atomic E-state index is 0.0892. The quantitative estimate of drug-likeness (QED) is 0.664. The van der Waals surface area contributed by atoms with Crippen LogP contribution in [-0.4, -0.2) is 10.0 Å². The molecule has 5 nitrogen and oxygen atoms in total. The molecule has 0 spiro atoms. The van der Waals surface area contributed by atoms with Gasteiger partial charge in [0.2, 0.25) is 5.75 Å². The molecular weight excluding hydrogens is 234 g/mol. The molecule has 0 bridgehead atoms. The number of nitrogens with zero attached hydrogens (tertiary/aromatic N) is 1. The smallest absolute Gasteiger partial charge is 0.311 e. The van der Waals surface area contributed by atoms with Gasteiger partial charge in [0.25, 0.3) is 0 Å². The average molecular weight is 245 g/mol. The SMILES string of the molecule is Cc1ccc([N+](=O)[O-])c(Oc2ccc(O)cc2)c1. The number of aryl methyl sites for hydroxylation is 1. The fourth-order valence-electron chi connectivity index (χ4n) is 1.50. The number of ether oxygens (including phenoxy) is 1. The van der Waals surface area contributed by atoms with Gasteiger partial charge >= 0.3 is 5.69 Å². The monoisotopic (exact) mass is 245 g/mol. The summed E-state index contributed by atoms with van der Waals surface area (Å²) in [6.45, 7) is 1.83. The van der Waals surface area contributed by atoms with Crippen LogP contribution < -0.4 is 4.74 Å². The highest BCUT2D eigenvalue weighted by atomic mass is 16.6. The molecule has 18 heavy (non-hydrogen) atoms.